The fraction of sp³-hybridized carbons (Fsp3) is 0.400. The number of piperidine rings is 1. The molecular weight excluding hydrogens is 380 g/mol. The van der Waals surface area contributed by atoms with E-state index in [-0.39, 0.29) is 17.9 Å². The lowest BCUT2D eigenvalue weighted by molar-refractivity contribution is 0.171. The summed E-state index contributed by atoms with van der Waals surface area (Å²) in [4.78, 5) is 15.3. The van der Waals surface area contributed by atoms with Crippen LogP contribution in [0.15, 0.2) is 24.3 Å². The summed E-state index contributed by atoms with van der Waals surface area (Å²) in [6.45, 7) is 5.28. The van der Waals surface area contributed by atoms with Crippen LogP contribution in [0.25, 0.3) is 22.3 Å². The molecule has 2 aromatic heterocycles. The highest BCUT2D eigenvalue weighted by molar-refractivity contribution is 5.91. The van der Waals surface area contributed by atoms with E-state index in [1.54, 1.807) is 0 Å². The second kappa shape index (κ2) is 8.24. The van der Waals surface area contributed by atoms with Crippen molar-refractivity contribution in [1.82, 2.24) is 15.0 Å². The topological polar surface area (TPSA) is 94.8 Å². The van der Waals surface area contributed by atoms with Gasteiger partial charge in [-0.05, 0) is 50.5 Å². The van der Waals surface area contributed by atoms with Crippen molar-refractivity contribution in [2.75, 3.05) is 31.2 Å². The number of fused-ring (bicyclic) bond motifs is 2. The molecule has 0 radical (unpaired) electrons. The first-order valence-corrected chi connectivity index (χ1v) is 9.30. The van der Waals surface area contributed by atoms with Gasteiger partial charge in [-0.1, -0.05) is 0 Å². The van der Waals surface area contributed by atoms with Gasteiger partial charge in [0.25, 0.3) is 0 Å². The van der Waals surface area contributed by atoms with Crippen LogP contribution in [0.3, 0.4) is 0 Å². The van der Waals surface area contributed by atoms with Crippen LogP contribution in [0.2, 0.25) is 0 Å². The van der Waals surface area contributed by atoms with Crippen LogP contribution in [0.4, 0.5) is 5.82 Å². The molecule has 0 amide bonds. The zero-order chi connectivity index (χ0) is 17.5. The van der Waals surface area contributed by atoms with Gasteiger partial charge in [-0.25, -0.2) is 9.97 Å². The van der Waals surface area contributed by atoms with Gasteiger partial charge in [0.2, 0.25) is 0 Å². The highest BCUT2D eigenvalue weighted by atomic mass is 35.5. The van der Waals surface area contributed by atoms with Crippen LogP contribution >= 0.6 is 12.4 Å². The van der Waals surface area contributed by atoms with E-state index < -0.39 is 0 Å². The Balaban J connectivity index is 0.00000112. The van der Waals surface area contributed by atoms with E-state index >= 15 is 0 Å². The molecule has 2 aliphatic heterocycles. The molecule has 4 heterocycles. The Kier molecular flexibility index (Phi) is 5.96. The monoisotopic (exact) mass is 404 g/mol. The third-order valence-electron chi connectivity index (χ3n) is 5.08. The normalized spacial score (nSPS) is 15.7. The molecule has 0 aliphatic carbocycles. The van der Waals surface area contributed by atoms with E-state index in [9.17, 15) is 0 Å². The van der Waals surface area contributed by atoms with Gasteiger partial charge in [-0.15, -0.1) is 12.4 Å². The number of nitrogens with one attached hydrogen (secondary N) is 1. The smallest absolute Gasteiger partial charge is 0.162 e. The fourth-order valence-corrected chi connectivity index (χ4v) is 3.81. The second-order valence-electron chi connectivity index (χ2n) is 6.94. The number of aromatic nitrogens is 3. The number of ether oxygens (including phenoxy) is 2. The van der Waals surface area contributed by atoms with Crippen molar-refractivity contribution in [2.24, 2.45) is 0 Å². The van der Waals surface area contributed by atoms with Gasteiger partial charge in [0.15, 0.2) is 17.3 Å². The van der Waals surface area contributed by atoms with Crippen LogP contribution in [0, 0.1) is 6.92 Å². The van der Waals surface area contributed by atoms with Gasteiger partial charge in [0, 0.05) is 24.3 Å². The predicted molar refractivity (Wildman–Crippen MR) is 112 cm³/mol. The standard InChI is InChI=1S/C20H22N4O2.ClH.H2O/c1-13-21-16-12-15(14-5-6-17-18(11-14)26-10-9-25-17)23-19(16)20(22-13)24-7-3-2-4-8-24;;/h5-6,11-12,23H,2-4,7-10H2,1H3;1H;1H2. The molecule has 3 N–H and O–H groups in total. The number of rotatable bonds is 2. The molecule has 1 fully saturated rings. The van der Waals surface area contributed by atoms with Crippen molar-refractivity contribution in [2.45, 2.75) is 26.2 Å². The molecule has 3 aromatic rings. The molecule has 2 aliphatic rings. The molecule has 5 rings (SSSR count). The summed E-state index contributed by atoms with van der Waals surface area (Å²) in [7, 11) is 0. The number of benzene rings is 1. The zero-order valence-electron chi connectivity index (χ0n) is 15.8. The van der Waals surface area contributed by atoms with Gasteiger partial charge in [-0.2, -0.15) is 0 Å². The molecule has 0 spiro atoms. The first kappa shape index (κ1) is 20.2. The van der Waals surface area contributed by atoms with Gasteiger partial charge >= 0.3 is 0 Å². The van der Waals surface area contributed by atoms with Gasteiger partial charge in [-0.3, -0.25) is 0 Å². The lowest BCUT2D eigenvalue weighted by Crippen LogP contribution is -2.30. The summed E-state index contributed by atoms with van der Waals surface area (Å²) >= 11 is 0. The molecule has 0 bridgehead atoms. The summed E-state index contributed by atoms with van der Waals surface area (Å²) in [5.41, 5.74) is 4.06. The minimum absolute atomic E-state index is 0. The van der Waals surface area contributed by atoms with Gasteiger partial charge in [0.05, 0.1) is 5.52 Å². The van der Waals surface area contributed by atoms with E-state index in [4.69, 9.17) is 14.5 Å². The van der Waals surface area contributed by atoms with Crippen molar-refractivity contribution in [3.8, 4) is 22.8 Å². The third-order valence-corrected chi connectivity index (χ3v) is 5.08. The van der Waals surface area contributed by atoms with E-state index in [2.05, 4.69) is 27.0 Å². The maximum atomic E-state index is 5.72. The van der Waals surface area contributed by atoms with Crippen LogP contribution in [-0.2, 0) is 0 Å². The highest BCUT2D eigenvalue weighted by Crippen LogP contribution is 2.36. The lowest BCUT2D eigenvalue weighted by Gasteiger charge is -2.28. The first-order chi connectivity index (χ1) is 12.8. The Bertz CT molecular complexity index is 969. The number of hydrogen-bond acceptors (Lipinski definition) is 5. The number of aromatic amines is 1. The number of H-pyrrole nitrogens is 1. The Hall–Kier alpha value is -2.51. The number of hydrogen-bond donors (Lipinski definition) is 1. The highest BCUT2D eigenvalue weighted by Gasteiger charge is 2.19. The number of aryl methyl sites for hydroxylation is 1. The van der Waals surface area contributed by atoms with Crippen molar-refractivity contribution in [3.63, 3.8) is 0 Å². The summed E-state index contributed by atoms with van der Waals surface area (Å²) in [5, 5.41) is 0. The second-order valence-corrected chi connectivity index (χ2v) is 6.94. The average molecular weight is 405 g/mol. The lowest BCUT2D eigenvalue weighted by atomic mass is 10.1. The molecule has 1 aromatic carbocycles. The third kappa shape index (κ3) is 3.59. The van der Waals surface area contributed by atoms with Crippen LogP contribution in [0.1, 0.15) is 25.1 Å². The van der Waals surface area contributed by atoms with Gasteiger partial charge < -0.3 is 24.8 Å². The van der Waals surface area contributed by atoms with Crippen LogP contribution in [-0.4, -0.2) is 46.7 Å². The number of nitrogens with zero attached hydrogens (tertiary/aromatic N) is 3. The van der Waals surface area contributed by atoms with E-state index in [1.807, 2.05) is 19.1 Å². The van der Waals surface area contributed by atoms with Crippen LogP contribution in [0.5, 0.6) is 11.5 Å². The minimum Gasteiger partial charge on any atom is -0.486 e. The minimum atomic E-state index is 0. The van der Waals surface area contributed by atoms with Gasteiger partial charge in [0.1, 0.15) is 24.6 Å². The van der Waals surface area contributed by atoms with Crippen molar-refractivity contribution < 1.29 is 14.9 Å². The average Bonchev–Trinajstić information content (AvgIpc) is 3.11. The predicted octanol–water partition coefficient (Wildman–Crippen LogP) is 3.29. The maximum absolute atomic E-state index is 5.72. The summed E-state index contributed by atoms with van der Waals surface area (Å²) in [5.74, 6) is 3.44. The largest absolute Gasteiger partial charge is 0.486 e. The summed E-state index contributed by atoms with van der Waals surface area (Å²) in [6.07, 6.45) is 3.75. The quantitative estimate of drug-likeness (QED) is 0.707. The summed E-state index contributed by atoms with van der Waals surface area (Å²) < 4.78 is 11.3. The van der Waals surface area contributed by atoms with Crippen molar-refractivity contribution >= 4 is 29.3 Å². The Labute approximate surface area is 169 Å². The molecular formula is C20H25ClN4O3. The maximum Gasteiger partial charge on any atom is 0.162 e. The molecule has 1 saturated heterocycles. The SMILES string of the molecule is Cc1nc(N2CCCCC2)c2[nH]c(-c3ccc4c(c3)OCCO4)cc2n1.Cl.O. The molecule has 0 unspecified atom stereocenters. The van der Waals surface area contributed by atoms with Crippen LogP contribution < -0.4 is 14.4 Å². The number of halogens is 1. The molecule has 150 valence electrons. The van der Waals surface area contributed by atoms with E-state index in [0.29, 0.717) is 13.2 Å². The molecule has 8 heteroatoms. The molecule has 0 atom stereocenters. The Morgan fingerprint density at radius 1 is 0.964 bits per heavy atom. The van der Waals surface area contributed by atoms with E-state index in [0.717, 1.165) is 58.5 Å². The summed E-state index contributed by atoms with van der Waals surface area (Å²) in [6, 6.07) is 8.15. The van der Waals surface area contributed by atoms with E-state index in [1.165, 1.54) is 19.3 Å². The Morgan fingerprint density at radius 3 is 2.50 bits per heavy atom. The van der Waals surface area contributed by atoms with Crippen molar-refractivity contribution in [1.29, 1.82) is 0 Å². The molecule has 7 nitrogen and oxygen atoms in total. The molecule has 28 heavy (non-hydrogen) atoms. The number of anilines is 1. The fourth-order valence-electron chi connectivity index (χ4n) is 3.81. The Morgan fingerprint density at radius 2 is 1.71 bits per heavy atom. The van der Waals surface area contributed by atoms with Crippen molar-refractivity contribution in [3.05, 3.63) is 30.1 Å². The first-order valence-electron chi connectivity index (χ1n) is 9.30. The molecule has 0 saturated carbocycles. The zero-order valence-corrected chi connectivity index (χ0v) is 16.6.